The van der Waals surface area contributed by atoms with E-state index in [4.69, 9.17) is 10.5 Å². The van der Waals surface area contributed by atoms with Crippen LogP contribution in [0.25, 0.3) is 10.9 Å². The molecule has 37 heavy (non-hydrogen) atoms. The molecule has 0 saturated carbocycles. The van der Waals surface area contributed by atoms with Gasteiger partial charge in [-0.2, -0.15) is 0 Å². The van der Waals surface area contributed by atoms with Crippen LogP contribution in [0.4, 0.5) is 0 Å². The van der Waals surface area contributed by atoms with Crippen LogP contribution in [0.15, 0.2) is 60.8 Å². The minimum Gasteiger partial charge on any atom is -0.374 e. The van der Waals surface area contributed by atoms with E-state index in [9.17, 15) is 13.2 Å². The summed E-state index contributed by atoms with van der Waals surface area (Å²) in [5.74, 6) is 0.0455. The molecule has 1 amide bonds. The van der Waals surface area contributed by atoms with Crippen LogP contribution >= 0.6 is 0 Å². The van der Waals surface area contributed by atoms with Crippen LogP contribution in [0.2, 0.25) is 0 Å². The van der Waals surface area contributed by atoms with Crippen LogP contribution in [-0.2, 0) is 39.1 Å². The van der Waals surface area contributed by atoms with Crippen molar-refractivity contribution in [3.8, 4) is 0 Å². The zero-order valence-corrected chi connectivity index (χ0v) is 21.9. The van der Waals surface area contributed by atoms with E-state index in [0.717, 1.165) is 16.5 Å². The number of carbonyl (C=O) groups is 1. The van der Waals surface area contributed by atoms with Gasteiger partial charge >= 0.3 is 0 Å². The molecule has 4 rings (SSSR count). The highest BCUT2D eigenvalue weighted by molar-refractivity contribution is 7.89. The lowest BCUT2D eigenvalue weighted by Gasteiger charge is -2.23. The molecule has 2 aromatic heterocycles. The maximum absolute atomic E-state index is 12.7. The standard InChI is InChI=1S/C25H31N7O4S/c1-25(2,26)24(33)27-21(17-36-16-18-9-5-4-6-10-18)23-28-29-30-31(23)14-13-19-15-32(37(3,34)35)22-12-8-7-11-20(19)22/h4-12,15,21H,13-14,16-17,26H2,1-3H3,(H,27,33)/t21-/m1/s1. The predicted molar refractivity (Wildman–Crippen MR) is 139 cm³/mol. The van der Waals surface area contributed by atoms with Crippen LogP contribution in [0, 0.1) is 0 Å². The number of rotatable bonds is 11. The average molecular weight is 526 g/mol. The molecule has 0 unspecified atom stereocenters. The van der Waals surface area contributed by atoms with E-state index in [1.165, 1.54) is 10.2 Å². The van der Waals surface area contributed by atoms with E-state index in [2.05, 4.69) is 20.8 Å². The Bertz CT molecular complexity index is 1470. The van der Waals surface area contributed by atoms with Crippen LogP contribution in [0.1, 0.15) is 36.8 Å². The molecule has 0 fully saturated rings. The first-order chi connectivity index (χ1) is 17.5. The molecule has 0 spiro atoms. The highest BCUT2D eigenvalue weighted by Crippen LogP contribution is 2.24. The van der Waals surface area contributed by atoms with Crippen molar-refractivity contribution in [2.24, 2.45) is 5.73 Å². The maximum Gasteiger partial charge on any atom is 0.240 e. The molecule has 196 valence electrons. The van der Waals surface area contributed by atoms with Crippen molar-refractivity contribution in [1.29, 1.82) is 0 Å². The number of tetrazole rings is 1. The van der Waals surface area contributed by atoms with Crippen molar-refractivity contribution in [2.75, 3.05) is 12.9 Å². The Morgan fingerprint density at radius 2 is 1.84 bits per heavy atom. The summed E-state index contributed by atoms with van der Waals surface area (Å²) < 4.78 is 33.3. The van der Waals surface area contributed by atoms with E-state index < -0.39 is 21.6 Å². The monoisotopic (exact) mass is 525 g/mol. The van der Waals surface area contributed by atoms with Crippen molar-refractivity contribution in [1.82, 2.24) is 29.5 Å². The van der Waals surface area contributed by atoms with Gasteiger partial charge in [0.2, 0.25) is 15.9 Å². The number of aryl methyl sites for hydroxylation is 2. The summed E-state index contributed by atoms with van der Waals surface area (Å²) in [6.45, 7) is 4.07. The first-order valence-electron chi connectivity index (χ1n) is 11.8. The molecule has 0 saturated heterocycles. The number of nitrogens with zero attached hydrogens (tertiary/aromatic N) is 5. The second-order valence-electron chi connectivity index (χ2n) is 9.49. The van der Waals surface area contributed by atoms with Gasteiger partial charge in [0.25, 0.3) is 0 Å². The number of fused-ring (bicyclic) bond motifs is 1. The Morgan fingerprint density at radius 3 is 2.54 bits per heavy atom. The lowest BCUT2D eigenvalue weighted by Crippen LogP contribution is -2.51. The summed E-state index contributed by atoms with van der Waals surface area (Å²) in [6, 6.07) is 16.4. The molecule has 0 radical (unpaired) electrons. The van der Waals surface area contributed by atoms with Crippen molar-refractivity contribution >= 4 is 26.8 Å². The van der Waals surface area contributed by atoms with E-state index in [1.807, 2.05) is 42.5 Å². The van der Waals surface area contributed by atoms with Gasteiger partial charge in [0.1, 0.15) is 6.04 Å². The topological polar surface area (TPSA) is 147 Å². The Labute approximate surface area is 215 Å². The third kappa shape index (κ3) is 6.40. The van der Waals surface area contributed by atoms with Crippen molar-refractivity contribution in [3.05, 3.63) is 77.7 Å². The number of carbonyl (C=O) groups excluding carboxylic acids is 1. The molecule has 11 nitrogen and oxygen atoms in total. The van der Waals surface area contributed by atoms with Gasteiger partial charge in [-0.05, 0) is 47.9 Å². The van der Waals surface area contributed by atoms with Gasteiger partial charge in [-0.3, -0.25) is 4.79 Å². The van der Waals surface area contributed by atoms with E-state index in [-0.39, 0.29) is 12.5 Å². The fraction of sp³-hybridized carbons (Fsp3) is 0.360. The second kappa shape index (κ2) is 10.8. The molecule has 0 aliphatic carbocycles. The van der Waals surface area contributed by atoms with Crippen LogP contribution < -0.4 is 11.1 Å². The summed E-state index contributed by atoms with van der Waals surface area (Å²) in [6.07, 6.45) is 3.27. The SMILES string of the molecule is CC(C)(N)C(=O)N[C@H](COCc1ccccc1)c1nnnn1CCc1cn(S(C)(=O)=O)c2ccccc12. The largest absolute Gasteiger partial charge is 0.374 e. The third-order valence-corrected chi connectivity index (χ3v) is 6.89. The van der Waals surface area contributed by atoms with Gasteiger partial charge < -0.3 is 15.8 Å². The van der Waals surface area contributed by atoms with Gasteiger partial charge in [-0.15, -0.1) is 5.10 Å². The summed E-state index contributed by atoms with van der Waals surface area (Å²) in [4.78, 5) is 12.7. The number of nitrogens with one attached hydrogen (secondary N) is 1. The van der Waals surface area contributed by atoms with Crippen molar-refractivity contribution in [2.45, 2.75) is 45.0 Å². The van der Waals surface area contributed by atoms with E-state index in [1.54, 1.807) is 36.9 Å². The second-order valence-corrected chi connectivity index (χ2v) is 11.3. The fourth-order valence-electron chi connectivity index (χ4n) is 3.93. The Morgan fingerprint density at radius 1 is 1.14 bits per heavy atom. The average Bonchev–Trinajstić information content (AvgIpc) is 3.46. The highest BCUT2D eigenvalue weighted by Gasteiger charge is 2.28. The maximum atomic E-state index is 12.7. The number of hydrogen-bond donors (Lipinski definition) is 2. The summed E-state index contributed by atoms with van der Waals surface area (Å²) >= 11 is 0. The van der Waals surface area contributed by atoms with Crippen LogP contribution in [0.3, 0.4) is 0 Å². The van der Waals surface area contributed by atoms with Gasteiger partial charge in [0.15, 0.2) is 5.82 Å². The molecule has 4 aromatic rings. The number of hydrogen-bond acceptors (Lipinski definition) is 8. The number of para-hydroxylation sites is 1. The summed E-state index contributed by atoms with van der Waals surface area (Å²) in [5.41, 5.74) is 7.34. The van der Waals surface area contributed by atoms with Crippen LogP contribution in [-0.4, -0.2) is 56.9 Å². The van der Waals surface area contributed by atoms with Crippen molar-refractivity contribution in [3.63, 3.8) is 0 Å². The number of ether oxygens (including phenoxy) is 1. The molecule has 0 bridgehead atoms. The highest BCUT2D eigenvalue weighted by atomic mass is 32.2. The van der Waals surface area contributed by atoms with E-state index in [0.29, 0.717) is 30.9 Å². The Balaban J connectivity index is 1.55. The lowest BCUT2D eigenvalue weighted by molar-refractivity contribution is -0.126. The number of aromatic nitrogens is 5. The smallest absolute Gasteiger partial charge is 0.240 e. The molecule has 12 heteroatoms. The Kier molecular flexibility index (Phi) is 7.71. The zero-order chi connectivity index (χ0) is 26.6. The van der Waals surface area contributed by atoms with Crippen molar-refractivity contribution < 1.29 is 17.9 Å². The van der Waals surface area contributed by atoms with Gasteiger partial charge in [-0.25, -0.2) is 17.1 Å². The summed E-state index contributed by atoms with van der Waals surface area (Å²) in [5, 5.41) is 15.8. The fourth-order valence-corrected chi connectivity index (χ4v) is 4.77. The first kappa shape index (κ1) is 26.5. The third-order valence-electron chi connectivity index (χ3n) is 5.87. The van der Waals surface area contributed by atoms with Gasteiger partial charge in [0, 0.05) is 18.1 Å². The molecular formula is C25H31N7O4S. The number of benzene rings is 2. The molecule has 0 aliphatic heterocycles. The molecule has 2 aromatic carbocycles. The number of amides is 1. The van der Waals surface area contributed by atoms with Gasteiger partial charge in [0.05, 0.1) is 30.5 Å². The minimum atomic E-state index is -3.47. The molecular weight excluding hydrogens is 494 g/mol. The number of nitrogens with two attached hydrogens (primary N) is 1. The summed E-state index contributed by atoms with van der Waals surface area (Å²) in [7, 11) is -3.47. The molecule has 1 atom stereocenters. The zero-order valence-electron chi connectivity index (χ0n) is 21.0. The minimum absolute atomic E-state index is 0.129. The lowest BCUT2D eigenvalue weighted by atomic mass is 10.1. The Hall–Kier alpha value is -3.61. The van der Waals surface area contributed by atoms with Crippen LogP contribution in [0.5, 0.6) is 0 Å². The normalized spacial score (nSPS) is 13.1. The molecule has 3 N–H and O–H groups in total. The predicted octanol–water partition coefficient (Wildman–Crippen LogP) is 1.79. The molecule has 2 heterocycles. The van der Waals surface area contributed by atoms with E-state index >= 15 is 0 Å². The quantitative estimate of drug-likeness (QED) is 0.301. The van der Waals surface area contributed by atoms with Gasteiger partial charge in [-0.1, -0.05) is 48.5 Å². The molecule has 0 aliphatic rings. The first-order valence-corrected chi connectivity index (χ1v) is 13.7.